The van der Waals surface area contributed by atoms with Crippen LogP contribution in [0.4, 0.5) is 0 Å². The molecule has 1 aromatic rings. The maximum absolute atomic E-state index is 11.8. The Labute approximate surface area is 107 Å². The highest BCUT2D eigenvalue weighted by molar-refractivity contribution is 7.89. The zero-order chi connectivity index (χ0) is 13.2. The van der Waals surface area contributed by atoms with E-state index >= 15 is 0 Å². The van der Waals surface area contributed by atoms with Gasteiger partial charge in [-0.3, -0.25) is 0 Å². The van der Waals surface area contributed by atoms with Crippen LogP contribution in [0.5, 0.6) is 0 Å². The van der Waals surface area contributed by atoms with Crippen molar-refractivity contribution in [3.63, 3.8) is 0 Å². The average molecular weight is 273 g/mol. The Morgan fingerprint density at radius 3 is 2.83 bits per heavy atom. The summed E-state index contributed by atoms with van der Waals surface area (Å²) in [6.45, 7) is 2.25. The predicted molar refractivity (Wildman–Crippen MR) is 67.4 cm³/mol. The second-order valence-electron chi connectivity index (χ2n) is 4.69. The molecule has 1 aliphatic carbocycles. The summed E-state index contributed by atoms with van der Waals surface area (Å²) in [5.74, 6) is 0.694. The molecule has 1 aliphatic rings. The first-order valence-electron chi connectivity index (χ1n) is 6.05. The van der Waals surface area contributed by atoms with Gasteiger partial charge < -0.3 is 9.88 Å². The van der Waals surface area contributed by atoms with Crippen LogP contribution in [0, 0.1) is 0 Å². The molecular formula is C10H19N5O2S. The molecule has 0 aliphatic heterocycles. The largest absolute Gasteiger partial charge is 0.319 e. The molecule has 18 heavy (non-hydrogen) atoms. The zero-order valence-electron chi connectivity index (χ0n) is 10.6. The van der Waals surface area contributed by atoms with Gasteiger partial charge in [-0.15, -0.1) is 10.2 Å². The van der Waals surface area contributed by atoms with E-state index in [9.17, 15) is 8.42 Å². The van der Waals surface area contributed by atoms with Gasteiger partial charge in [0.05, 0.1) is 11.8 Å². The highest BCUT2D eigenvalue weighted by Gasteiger charge is 2.22. The molecule has 0 aromatic carbocycles. The molecule has 2 rings (SSSR count). The van der Waals surface area contributed by atoms with Crippen LogP contribution in [0.2, 0.25) is 0 Å². The summed E-state index contributed by atoms with van der Waals surface area (Å²) < 4.78 is 28.0. The summed E-state index contributed by atoms with van der Waals surface area (Å²) >= 11 is 0. The summed E-state index contributed by atoms with van der Waals surface area (Å²) in [5.41, 5.74) is 0. The third-order valence-electron chi connectivity index (χ3n) is 2.87. The van der Waals surface area contributed by atoms with Crippen molar-refractivity contribution in [1.29, 1.82) is 0 Å². The number of nitrogens with one attached hydrogen (secondary N) is 2. The topological polar surface area (TPSA) is 88.9 Å². The van der Waals surface area contributed by atoms with Gasteiger partial charge in [-0.25, -0.2) is 13.1 Å². The predicted octanol–water partition coefficient (Wildman–Crippen LogP) is -0.452. The highest BCUT2D eigenvalue weighted by atomic mass is 32.2. The molecule has 0 radical (unpaired) electrons. The molecule has 2 N–H and O–H groups in total. The third-order valence-corrected chi connectivity index (χ3v) is 4.33. The number of aryl methyl sites for hydroxylation is 1. The fraction of sp³-hybridized carbons (Fsp3) is 0.800. The van der Waals surface area contributed by atoms with E-state index in [1.165, 1.54) is 0 Å². The van der Waals surface area contributed by atoms with E-state index in [1.54, 1.807) is 24.9 Å². The van der Waals surface area contributed by atoms with E-state index < -0.39 is 10.0 Å². The Kier molecular flexibility index (Phi) is 3.98. The van der Waals surface area contributed by atoms with E-state index in [2.05, 4.69) is 20.2 Å². The SMILES string of the molecule is CC(NS(=O)(=O)CCNC1CC1)c1nncn1C. The van der Waals surface area contributed by atoms with Crippen molar-refractivity contribution in [1.82, 2.24) is 24.8 Å². The smallest absolute Gasteiger partial charge is 0.213 e. The summed E-state index contributed by atoms with van der Waals surface area (Å²) in [4.78, 5) is 0. The van der Waals surface area contributed by atoms with Crippen molar-refractivity contribution < 1.29 is 8.42 Å². The Balaban J connectivity index is 1.84. The van der Waals surface area contributed by atoms with Crippen LogP contribution in [0.25, 0.3) is 0 Å². The lowest BCUT2D eigenvalue weighted by Gasteiger charge is -2.13. The van der Waals surface area contributed by atoms with Crippen molar-refractivity contribution >= 4 is 10.0 Å². The van der Waals surface area contributed by atoms with E-state index in [1.807, 2.05) is 0 Å². The van der Waals surface area contributed by atoms with Crippen LogP contribution in [-0.4, -0.2) is 41.5 Å². The summed E-state index contributed by atoms with van der Waals surface area (Å²) in [6.07, 6.45) is 3.86. The molecule has 1 aromatic heterocycles. The maximum Gasteiger partial charge on any atom is 0.213 e. The monoisotopic (exact) mass is 273 g/mol. The van der Waals surface area contributed by atoms with Gasteiger partial charge in [-0.2, -0.15) is 0 Å². The van der Waals surface area contributed by atoms with Crippen LogP contribution >= 0.6 is 0 Å². The maximum atomic E-state index is 11.8. The van der Waals surface area contributed by atoms with Crippen molar-refractivity contribution in [2.45, 2.75) is 31.8 Å². The Morgan fingerprint density at radius 1 is 1.56 bits per heavy atom. The lowest BCUT2D eigenvalue weighted by atomic mass is 10.3. The van der Waals surface area contributed by atoms with Crippen LogP contribution in [0.15, 0.2) is 6.33 Å². The van der Waals surface area contributed by atoms with Crippen molar-refractivity contribution in [2.24, 2.45) is 7.05 Å². The van der Waals surface area contributed by atoms with Gasteiger partial charge in [0.2, 0.25) is 10.0 Å². The number of aromatic nitrogens is 3. The lowest BCUT2D eigenvalue weighted by Crippen LogP contribution is -2.34. The van der Waals surface area contributed by atoms with E-state index in [4.69, 9.17) is 0 Å². The van der Waals surface area contributed by atoms with Crippen LogP contribution < -0.4 is 10.0 Å². The quantitative estimate of drug-likeness (QED) is 0.702. The first-order valence-corrected chi connectivity index (χ1v) is 7.70. The Hall–Kier alpha value is -0.990. The number of hydrogen-bond acceptors (Lipinski definition) is 5. The first kappa shape index (κ1) is 13.4. The van der Waals surface area contributed by atoms with Gasteiger partial charge in [0, 0.05) is 19.6 Å². The Bertz CT molecular complexity index is 494. The van der Waals surface area contributed by atoms with Gasteiger partial charge in [0.1, 0.15) is 12.2 Å². The first-order chi connectivity index (χ1) is 8.48. The number of hydrogen-bond donors (Lipinski definition) is 2. The van der Waals surface area contributed by atoms with Gasteiger partial charge in [0.15, 0.2) is 0 Å². The molecule has 1 saturated carbocycles. The molecule has 0 saturated heterocycles. The van der Waals surface area contributed by atoms with E-state index in [-0.39, 0.29) is 11.8 Å². The van der Waals surface area contributed by atoms with Crippen LogP contribution in [0.1, 0.15) is 31.6 Å². The average Bonchev–Trinajstić information content (AvgIpc) is 2.98. The molecule has 0 bridgehead atoms. The van der Waals surface area contributed by atoms with Crippen LogP contribution in [-0.2, 0) is 17.1 Å². The molecule has 8 heteroatoms. The van der Waals surface area contributed by atoms with Gasteiger partial charge in [-0.05, 0) is 19.8 Å². The van der Waals surface area contributed by atoms with Crippen LogP contribution in [0.3, 0.4) is 0 Å². The molecule has 0 spiro atoms. The number of rotatable bonds is 7. The fourth-order valence-corrected chi connectivity index (χ4v) is 2.90. The molecule has 102 valence electrons. The van der Waals surface area contributed by atoms with Crippen molar-refractivity contribution in [3.05, 3.63) is 12.2 Å². The zero-order valence-corrected chi connectivity index (χ0v) is 11.4. The minimum Gasteiger partial charge on any atom is -0.319 e. The highest BCUT2D eigenvalue weighted by Crippen LogP contribution is 2.18. The van der Waals surface area contributed by atoms with Gasteiger partial charge in [-0.1, -0.05) is 0 Å². The molecule has 1 heterocycles. The summed E-state index contributed by atoms with van der Waals surface area (Å²) in [6, 6.07) is 0.153. The standard InChI is InChI=1S/C10H19N5O2S/c1-8(10-13-12-7-15(10)2)14-18(16,17)6-5-11-9-3-4-9/h7-9,11,14H,3-6H2,1-2H3. The summed E-state index contributed by atoms with van der Waals surface area (Å²) in [5, 5.41) is 10.8. The van der Waals surface area contributed by atoms with Crippen molar-refractivity contribution in [2.75, 3.05) is 12.3 Å². The molecule has 1 atom stereocenters. The Morgan fingerprint density at radius 2 is 2.28 bits per heavy atom. The van der Waals surface area contributed by atoms with Gasteiger partial charge >= 0.3 is 0 Å². The minimum absolute atomic E-state index is 0.0890. The molecule has 0 amide bonds. The molecule has 1 unspecified atom stereocenters. The fourth-order valence-electron chi connectivity index (χ4n) is 1.75. The van der Waals surface area contributed by atoms with E-state index in [0.29, 0.717) is 18.4 Å². The van der Waals surface area contributed by atoms with Crippen molar-refractivity contribution in [3.8, 4) is 0 Å². The van der Waals surface area contributed by atoms with Gasteiger partial charge in [0.25, 0.3) is 0 Å². The minimum atomic E-state index is -3.29. The lowest BCUT2D eigenvalue weighted by molar-refractivity contribution is 0.549. The summed E-state index contributed by atoms with van der Waals surface area (Å²) in [7, 11) is -1.50. The number of sulfonamides is 1. The van der Waals surface area contributed by atoms with E-state index in [0.717, 1.165) is 12.8 Å². The second-order valence-corrected chi connectivity index (χ2v) is 6.56. The normalized spacial score (nSPS) is 17.9. The third kappa shape index (κ3) is 3.76. The second kappa shape index (κ2) is 5.33. The number of nitrogens with zero attached hydrogens (tertiary/aromatic N) is 3. The molecule has 1 fully saturated rings. The molecule has 7 nitrogen and oxygen atoms in total. The molecular weight excluding hydrogens is 254 g/mol.